The van der Waals surface area contributed by atoms with Crippen LogP contribution in [0.4, 0.5) is 0 Å². The summed E-state index contributed by atoms with van der Waals surface area (Å²) in [5.41, 5.74) is -0.598. The summed E-state index contributed by atoms with van der Waals surface area (Å²) in [5.74, 6) is 1.39. The molecule has 22 heavy (non-hydrogen) atoms. The van der Waals surface area contributed by atoms with Crippen molar-refractivity contribution in [1.29, 1.82) is 0 Å². The van der Waals surface area contributed by atoms with Gasteiger partial charge in [0, 0.05) is 0 Å². The molecule has 0 aliphatic heterocycles. The molecule has 0 radical (unpaired) electrons. The molecule has 1 unspecified atom stereocenters. The average molecular weight is 307 g/mol. The molecule has 0 bridgehead atoms. The van der Waals surface area contributed by atoms with Gasteiger partial charge < -0.3 is 19.7 Å². The van der Waals surface area contributed by atoms with Crippen molar-refractivity contribution in [2.75, 3.05) is 13.7 Å². The lowest BCUT2D eigenvalue weighted by Gasteiger charge is -2.13. The number of nitrogens with zero attached hydrogens (tertiary/aromatic N) is 3. The van der Waals surface area contributed by atoms with Crippen molar-refractivity contribution in [3.05, 3.63) is 36.2 Å². The van der Waals surface area contributed by atoms with Crippen molar-refractivity contribution >= 4 is 0 Å². The van der Waals surface area contributed by atoms with Gasteiger partial charge in [0.05, 0.1) is 19.9 Å². The van der Waals surface area contributed by atoms with E-state index in [9.17, 15) is 10.2 Å². The van der Waals surface area contributed by atoms with E-state index in [0.29, 0.717) is 11.4 Å². The second-order valence-corrected chi connectivity index (χ2v) is 5.53. The molecule has 0 aliphatic rings. The number of rotatable bonds is 7. The second kappa shape index (κ2) is 6.76. The molecule has 7 heteroatoms. The molecule has 1 aromatic carbocycles. The summed E-state index contributed by atoms with van der Waals surface area (Å²) in [6.45, 7) is 3.62. The molecule has 1 heterocycles. The molecule has 2 aromatic rings. The highest BCUT2D eigenvalue weighted by Gasteiger charge is 2.20. The zero-order valence-electron chi connectivity index (χ0n) is 12.9. The van der Waals surface area contributed by atoms with Crippen molar-refractivity contribution in [3.8, 4) is 11.5 Å². The van der Waals surface area contributed by atoms with Crippen LogP contribution in [-0.4, -0.2) is 45.0 Å². The minimum Gasteiger partial charge on any atom is -0.497 e. The van der Waals surface area contributed by atoms with Gasteiger partial charge in [-0.25, -0.2) is 4.68 Å². The second-order valence-electron chi connectivity index (χ2n) is 5.53. The zero-order chi connectivity index (χ0) is 16.2. The lowest BCUT2D eigenvalue weighted by atomic mass is 10.1. The topological polar surface area (TPSA) is 89.6 Å². The van der Waals surface area contributed by atoms with Crippen LogP contribution in [0, 0.1) is 0 Å². The van der Waals surface area contributed by atoms with Gasteiger partial charge in [-0.3, -0.25) is 0 Å². The molecule has 1 atom stereocenters. The van der Waals surface area contributed by atoms with Crippen molar-refractivity contribution in [1.82, 2.24) is 15.0 Å². The molecule has 0 fully saturated rings. The average Bonchev–Trinajstić information content (AvgIpc) is 2.94. The highest BCUT2D eigenvalue weighted by Crippen LogP contribution is 2.18. The van der Waals surface area contributed by atoms with E-state index in [2.05, 4.69) is 10.3 Å². The van der Waals surface area contributed by atoms with E-state index >= 15 is 0 Å². The molecule has 0 spiro atoms. The van der Waals surface area contributed by atoms with E-state index < -0.39 is 11.7 Å². The van der Waals surface area contributed by atoms with Crippen LogP contribution in [0.25, 0.3) is 0 Å². The number of hydrogen-bond acceptors (Lipinski definition) is 6. The number of aliphatic hydroxyl groups is 2. The number of aliphatic hydroxyl groups excluding tert-OH is 1. The maximum Gasteiger partial charge on any atom is 0.119 e. The van der Waals surface area contributed by atoms with E-state index in [1.807, 2.05) is 0 Å². The first-order valence-corrected chi connectivity index (χ1v) is 6.96. The summed E-state index contributed by atoms with van der Waals surface area (Å²) < 4.78 is 12.0. The number of methoxy groups -OCH3 is 1. The number of ether oxygens (including phenoxy) is 2. The first-order chi connectivity index (χ1) is 10.4. The van der Waals surface area contributed by atoms with E-state index in [1.54, 1.807) is 51.4 Å². The van der Waals surface area contributed by atoms with E-state index in [1.165, 1.54) is 4.68 Å². The molecule has 0 saturated carbocycles. The molecule has 0 aliphatic carbocycles. The van der Waals surface area contributed by atoms with Crippen molar-refractivity contribution in [3.63, 3.8) is 0 Å². The maximum absolute atomic E-state index is 9.98. The Morgan fingerprint density at radius 1 is 1.23 bits per heavy atom. The maximum atomic E-state index is 9.98. The van der Waals surface area contributed by atoms with E-state index in [0.717, 1.165) is 5.75 Å². The molecule has 1 aromatic heterocycles. The van der Waals surface area contributed by atoms with Gasteiger partial charge in [-0.05, 0) is 38.1 Å². The Morgan fingerprint density at radius 3 is 2.41 bits per heavy atom. The molecule has 2 rings (SSSR count). The molecule has 120 valence electrons. The molecular weight excluding hydrogens is 286 g/mol. The summed E-state index contributed by atoms with van der Waals surface area (Å²) in [4.78, 5) is 0. The standard InChI is InChI=1S/C15H21N3O4/c1-15(2,20)14-9-18(17-16-14)8-11(19)10-22-13-6-4-12(21-3)5-7-13/h4-7,9,11,19-20H,8,10H2,1-3H3. The Labute approximate surface area is 129 Å². The van der Waals surface area contributed by atoms with Crippen LogP contribution >= 0.6 is 0 Å². The van der Waals surface area contributed by atoms with Crippen LogP contribution in [0.1, 0.15) is 19.5 Å². The lowest BCUT2D eigenvalue weighted by Crippen LogP contribution is -2.24. The third kappa shape index (κ3) is 4.44. The van der Waals surface area contributed by atoms with E-state index in [-0.39, 0.29) is 13.2 Å². The van der Waals surface area contributed by atoms with Gasteiger partial charge in [0.2, 0.25) is 0 Å². The van der Waals surface area contributed by atoms with Crippen LogP contribution in [0.2, 0.25) is 0 Å². The van der Waals surface area contributed by atoms with Gasteiger partial charge >= 0.3 is 0 Å². The van der Waals surface area contributed by atoms with Gasteiger partial charge in [-0.15, -0.1) is 5.10 Å². The lowest BCUT2D eigenvalue weighted by molar-refractivity contribution is 0.0734. The smallest absolute Gasteiger partial charge is 0.119 e. The summed E-state index contributed by atoms with van der Waals surface area (Å²) in [5, 5.41) is 27.5. The van der Waals surface area contributed by atoms with Crippen molar-refractivity contribution in [2.45, 2.75) is 32.1 Å². The third-order valence-corrected chi connectivity index (χ3v) is 3.07. The fourth-order valence-corrected chi connectivity index (χ4v) is 1.80. The van der Waals surface area contributed by atoms with Gasteiger partial charge in [0.15, 0.2) is 0 Å². The third-order valence-electron chi connectivity index (χ3n) is 3.07. The zero-order valence-corrected chi connectivity index (χ0v) is 12.9. The van der Waals surface area contributed by atoms with Gasteiger partial charge in [-0.2, -0.15) is 0 Å². The Kier molecular flexibility index (Phi) is 4.99. The fraction of sp³-hybridized carbons (Fsp3) is 0.467. The Hall–Kier alpha value is -2.12. The quantitative estimate of drug-likeness (QED) is 0.792. The van der Waals surface area contributed by atoms with Crippen LogP contribution in [-0.2, 0) is 12.1 Å². The Balaban J connectivity index is 1.84. The molecule has 0 amide bonds. The van der Waals surface area contributed by atoms with Crippen LogP contribution < -0.4 is 9.47 Å². The van der Waals surface area contributed by atoms with Gasteiger partial charge in [0.1, 0.15) is 35.5 Å². The Morgan fingerprint density at radius 2 is 1.86 bits per heavy atom. The summed E-state index contributed by atoms with van der Waals surface area (Å²) in [7, 11) is 1.60. The molecular formula is C15H21N3O4. The van der Waals surface area contributed by atoms with Gasteiger partial charge in [0.25, 0.3) is 0 Å². The highest BCUT2D eigenvalue weighted by molar-refractivity contribution is 5.31. The number of hydrogen-bond donors (Lipinski definition) is 2. The van der Waals surface area contributed by atoms with Crippen LogP contribution in [0.5, 0.6) is 11.5 Å². The molecule has 2 N–H and O–H groups in total. The Bertz CT molecular complexity index is 590. The normalized spacial score (nSPS) is 13.0. The van der Waals surface area contributed by atoms with Gasteiger partial charge in [-0.1, -0.05) is 5.21 Å². The summed E-state index contributed by atoms with van der Waals surface area (Å²) >= 11 is 0. The van der Waals surface area contributed by atoms with Crippen molar-refractivity contribution < 1.29 is 19.7 Å². The first-order valence-electron chi connectivity index (χ1n) is 6.96. The largest absolute Gasteiger partial charge is 0.497 e. The SMILES string of the molecule is COc1ccc(OCC(O)Cn2cc(C(C)(C)O)nn2)cc1. The van der Waals surface area contributed by atoms with Crippen LogP contribution in [0.3, 0.4) is 0 Å². The molecule has 7 nitrogen and oxygen atoms in total. The predicted molar refractivity (Wildman–Crippen MR) is 79.8 cm³/mol. The van der Waals surface area contributed by atoms with Crippen LogP contribution in [0.15, 0.2) is 30.5 Å². The van der Waals surface area contributed by atoms with E-state index in [4.69, 9.17) is 9.47 Å². The monoisotopic (exact) mass is 307 g/mol. The minimum absolute atomic E-state index is 0.129. The summed E-state index contributed by atoms with van der Waals surface area (Å²) in [6.07, 6.45) is 0.870. The number of benzene rings is 1. The highest BCUT2D eigenvalue weighted by atomic mass is 16.5. The fourth-order valence-electron chi connectivity index (χ4n) is 1.80. The summed E-state index contributed by atoms with van der Waals surface area (Å²) in [6, 6.07) is 7.12. The molecule has 0 saturated heterocycles. The minimum atomic E-state index is -1.05. The predicted octanol–water partition coefficient (Wildman–Crippen LogP) is 0.954. The first kappa shape index (κ1) is 16.3. The number of aromatic nitrogens is 3. The van der Waals surface area contributed by atoms with Crippen molar-refractivity contribution in [2.24, 2.45) is 0 Å².